The molecule has 0 unspecified atom stereocenters. The Morgan fingerprint density at radius 2 is 1.22 bits per heavy atom. The Labute approximate surface area is 192 Å². The SMILES string of the molecule is C=C(C)C(=O)Nc1c(C)c(C(=O)NCCO)c(CC)c(C(=O)NCCO)c1C.CC.CC. The first-order chi connectivity index (χ1) is 15.2. The summed E-state index contributed by atoms with van der Waals surface area (Å²) in [4.78, 5) is 37.7. The van der Waals surface area contributed by atoms with Crippen molar-refractivity contribution < 1.29 is 24.6 Å². The number of hydrogen-bond acceptors (Lipinski definition) is 5. The van der Waals surface area contributed by atoms with Gasteiger partial charge in [-0.25, -0.2) is 0 Å². The van der Waals surface area contributed by atoms with E-state index in [0.717, 1.165) is 0 Å². The molecule has 8 nitrogen and oxygen atoms in total. The van der Waals surface area contributed by atoms with Gasteiger partial charge in [-0.05, 0) is 43.9 Å². The molecule has 0 atom stereocenters. The predicted octanol–water partition coefficient (Wildman–Crippen LogP) is 2.88. The van der Waals surface area contributed by atoms with Crippen molar-refractivity contribution in [2.24, 2.45) is 0 Å². The molecule has 0 aromatic heterocycles. The van der Waals surface area contributed by atoms with Crippen molar-refractivity contribution in [2.45, 2.75) is 61.8 Å². The van der Waals surface area contributed by atoms with E-state index in [1.54, 1.807) is 20.8 Å². The molecule has 1 aromatic carbocycles. The molecule has 32 heavy (non-hydrogen) atoms. The van der Waals surface area contributed by atoms with Crippen LogP contribution >= 0.6 is 0 Å². The Morgan fingerprint density at radius 3 is 1.50 bits per heavy atom. The van der Waals surface area contributed by atoms with Crippen LogP contribution in [0.15, 0.2) is 12.2 Å². The van der Waals surface area contributed by atoms with Crippen LogP contribution < -0.4 is 16.0 Å². The molecule has 0 aliphatic carbocycles. The van der Waals surface area contributed by atoms with Crippen LogP contribution in [0.4, 0.5) is 5.69 Å². The van der Waals surface area contributed by atoms with Gasteiger partial charge in [0, 0.05) is 35.5 Å². The number of aliphatic hydroxyl groups is 2. The highest BCUT2D eigenvalue weighted by Gasteiger charge is 2.27. The number of nitrogens with one attached hydrogen (secondary N) is 3. The van der Waals surface area contributed by atoms with Gasteiger partial charge in [0.05, 0.1) is 13.2 Å². The lowest BCUT2D eigenvalue weighted by Crippen LogP contribution is -2.32. The van der Waals surface area contributed by atoms with Crippen molar-refractivity contribution in [3.05, 3.63) is 40.0 Å². The molecule has 1 aromatic rings. The second-order valence-electron chi connectivity index (χ2n) is 6.40. The van der Waals surface area contributed by atoms with Gasteiger partial charge in [-0.2, -0.15) is 0 Å². The molecule has 182 valence electrons. The summed E-state index contributed by atoms with van der Waals surface area (Å²) in [5.41, 5.74) is 2.82. The average Bonchev–Trinajstić information content (AvgIpc) is 2.80. The zero-order chi connectivity index (χ0) is 25.4. The van der Waals surface area contributed by atoms with Crippen molar-refractivity contribution in [2.75, 3.05) is 31.6 Å². The number of carbonyl (C=O) groups excluding carboxylic acids is 3. The number of rotatable bonds is 9. The number of amides is 3. The maximum atomic E-state index is 12.8. The summed E-state index contributed by atoms with van der Waals surface area (Å²) in [5.74, 6) is -1.30. The number of hydrogen-bond donors (Lipinski definition) is 5. The molecule has 0 saturated carbocycles. The third kappa shape index (κ3) is 8.43. The van der Waals surface area contributed by atoms with Gasteiger partial charge in [-0.3, -0.25) is 14.4 Å². The molecule has 8 heteroatoms. The molecular weight excluding hydrogens is 410 g/mol. The van der Waals surface area contributed by atoms with Crippen molar-refractivity contribution in [3.8, 4) is 0 Å². The minimum atomic E-state index is -0.439. The first kappa shape index (κ1) is 31.5. The van der Waals surface area contributed by atoms with E-state index < -0.39 is 17.7 Å². The highest BCUT2D eigenvalue weighted by atomic mass is 16.3. The number of benzene rings is 1. The fourth-order valence-corrected chi connectivity index (χ4v) is 3.00. The average molecular weight is 452 g/mol. The minimum Gasteiger partial charge on any atom is -0.395 e. The fraction of sp³-hybridized carbons (Fsp3) is 0.542. The summed E-state index contributed by atoms with van der Waals surface area (Å²) < 4.78 is 0. The first-order valence-electron chi connectivity index (χ1n) is 11.1. The van der Waals surface area contributed by atoms with E-state index in [1.807, 2.05) is 34.6 Å². The van der Waals surface area contributed by atoms with Crippen LogP contribution in [-0.4, -0.2) is 54.2 Å². The van der Waals surface area contributed by atoms with Gasteiger partial charge in [0.15, 0.2) is 0 Å². The van der Waals surface area contributed by atoms with E-state index in [0.29, 0.717) is 28.8 Å². The first-order valence-corrected chi connectivity index (χ1v) is 11.1. The summed E-state index contributed by atoms with van der Waals surface area (Å²) in [6, 6.07) is 0. The van der Waals surface area contributed by atoms with Gasteiger partial charge in [0.25, 0.3) is 17.7 Å². The summed E-state index contributed by atoms with van der Waals surface area (Å²) in [5, 5.41) is 26.0. The largest absolute Gasteiger partial charge is 0.395 e. The molecule has 1 rings (SSSR count). The van der Waals surface area contributed by atoms with Crippen molar-refractivity contribution in [1.29, 1.82) is 0 Å². The second kappa shape index (κ2) is 16.9. The summed E-state index contributed by atoms with van der Waals surface area (Å²) in [6.07, 6.45) is 0.403. The highest BCUT2D eigenvalue weighted by Crippen LogP contribution is 2.32. The van der Waals surface area contributed by atoms with Crippen LogP contribution in [0, 0.1) is 13.8 Å². The zero-order valence-electron chi connectivity index (χ0n) is 20.9. The molecule has 0 saturated heterocycles. The number of aliphatic hydroxyl groups excluding tert-OH is 2. The Bertz CT molecular complexity index is 741. The monoisotopic (exact) mass is 451 g/mol. The van der Waals surface area contributed by atoms with Gasteiger partial charge in [-0.15, -0.1) is 0 Å². The minimum absolute atomic E-state index is 0.0643. The summed E-state index contributed by atoms with van der Waals surface area (Å²) >= 11 is 0. The molecule has 0 spiro atoms. The fourth-order valence-electron chi connectivity index (χ4n) is 3.00. The van der Waals surface area contributed by atoms with Gasteiger partial charge in [0.2, 0.25) is 0 Å². The van der Waals surface area contributed by atoms with Crippen molar-refractivity contribution >= 4 is 23.4 Å². The zero-order valence-corrected chi connectivity index (χ0v) is 20.9. The lowest BCUT2D eigenvalue weighted by Gasteiger charge is -2.23. The van der Waals surface area contributed by atoms with E-state index in [2.05, 4.69) is 22.5 Å². The molecule has 0 aliphatic rings. The van der Waals surface area contributed by atoms with Crippen LogP contribution in [0.1, 0.15) is 78.9 Å². The molecule has 0 aliphatic heterocycles. The lowest BCUT2D eigenvalue weighted by atomic mass is 9.88. The topological polar surface area (TPSA) is 128 Å². The Balaban J connectivity index is 0. The molecule has 5 N–H and O–H groups in total. The normalized spacial score (nSPS) is 9.44. The van der Waals surface area contributed by atoms with Crippen LogP contribution in [-0.2, 0) is 11.2 Å². The molecule has 0 fully saturated rings. The van der Waals surface area contributed by atoms with Gasteiger partial charge in [-0.1, -0.05) is 41.2 Å². The van der Waals surface area contributed by atoms with E-state index in [4.69, 9.17) is 10.2 Å². The Kier molecular flexibility index (Phi) is 16.6. The van der Waals surface area contributed by atoms with Crippen LogP contribution in [0.25, 0.3) is 0 Å². The van der Waals surface area contributed by atoms with E-state index in [9.17, 15) is 14.4 Å². The molecule has 0 radical (unpaired) electrons. The second-order valence-corrected chi connectivity index (χ2v) is 6.40. The van der Waals surface area contributed by atoms with Crippen molar-refractivity contribution in [3.63, 3.8) is 0 Å². The quantitative estimate of drug-likeness (QED) is 0.369. The number of anilines is 1. The van der Waals surface area contributed by atoms with Crippen molar-refractivity contribution in [1.82, 2.24) is 10.6 Å². The molecule has 0 heterocycles. The standard InChI is InChI=1S/C20H29N3O5.2C2H6/c1-6-14-15(19(27)21-7-9-24)12(4)17(23-18(26)11(2)3)13(5)16(14)20(28)22-8-10-25;2*1-2/h24-25H,2,6-10H2,1,3-5H3,(H,21,27)(H,22,28)(H,23,26);2*1-2H3. The maximum absolute atomic E-state index is 12.8. The van der Waals surface area contributed by atoms with E-state index in [1.165, 1.54) is 0 Å². The molecule has 3 amide bonds. The van der Waals surface area contributed by atoms with Crippen LogP contribution in [0.3, 0.4) is 0 Å². The van der Waals surface area contributed by atoms with Crippen LogP contribution in [0.5, 0.6) is 0 Å². The Morgan fingerprint density at radius 1 is 0.844 bits per heavy atom. The van der Waals surface area contributed by atoms with Gasteiger partial charge >= 0.3 is 0 Å². The summed E-state index contributed by atoms with van der Waals surface area (Å²) in [7, 11) is 0. The third-order valence-electron chi connectivity index (χ3n) is 4.33. The van der Waals surface area contributed by atoms with Crippen LogP contribution in [0.2, 0.25) is 0 Å². The maximum Gasteiger partial charge on any atom is 0.252 e. The molecule has 0 bridgehead atoms. The number of carbonyl (C=O) groups is 3. The van der Waals surface area contributed by atoms with Gasteiger partial charge < -0.3 is 26.2 Å². The van der Waals surface area contributed by atoms with E-state index in [-0.39, 0.29) is 43.0 Å². The van der Waals surface area contributed by atoms with Gasteiger partial charge in [0.1, 0.15) is 0 Å². The lowest BCUT2D eigenvalue weighted by molar-refractivity contribution is -0.112. The predicted molar refractivity (Wildman–Crippen MR) is 130 cm³/mol. The highest BCUT2D eigenvalue weighted by molar-refractivity contribution is 6.10. The Hall–Kier alpha value is -2.71. The molecular formula is C24H41N3O5. The summed E-state index contributed by atoms with van der Waals surface area (Å²) in [6.45, 7) is 18.1. The smallest absolute Gasteiger partial charge is 0.252 e. The van der Waals surface area contributed by atoms with E-state index >= 15 is 0 Å². The third-order valence-corrected chi connectivity index (χ3v) is 4.33.